The van der Waals surface area contributed by atoms with Gasteiger partial charge in [-0.05, 0) is 40.9 Å². The van der Waals surface area contributed by atoms with E-state index in [0.717, 1.165) is 28.1 Å². The monoisotopic (exact) mass is 164 g/mol. The maximum atomic E-state index is 2.53. The molecule has 0 radical (unpaired) electrons. The zero-order valence-electron chi connectivity index (χ0n) is 8.78. The molecular formula is C12H20. The number of fused-ring (bicyclic) bond motifs is 1. The minimum Gasteiger partial charge on any atom is -0.0654 e. The lowest BCUT2D eigenvalue weighted by Crippen LogP contribution is -2.16. The van der Waals surface area contributed by atoms with Crippen molar-refractivity contribution in [3.63, 3.8) is 0 Å². The predicted molar refractivity (Wildman–Crippen MR) is 50.8 cm³/mol. The van der Waals surface area contributed by atoms with Crippen molar-refractivity contribution in [2.24, 2.45) is 28.1 Å². The highest BCUT2D eigenvalue weighted by Gasteiger charge is 3.13. The van der Waals surface area contributed by atoms with Crippen LogP contribution in [0.5, 0.6) is 0 Å². The lowest BCUT2D eigenvalue weighted by Gasteiger charge is -2.22. The van der Waals surface area contributed by atoms with Crippen molar-refractivity contribution in [1.29, 1.82) is 0 Å². The van der Waals surface area contributed by atoms with Crippen LogP contribution in [0.1, 0.15) is 47.0 Å². The van der Waals surface area contributed by atoms with E-state index in [2.05, 4.69) is 27.7 Å². The maximum absolute atomic E-state index is 2.53. The van der Waals surface area contributed by atoms with Crippen molar-refractivity contribution in [2.45, 2.75) is 47.0 Å². The standard InChI is InChI=1S/C12H20/c1-5-6-9-11-7-10(11,4)12(9,11)8(2)3/h8-9H,5-7H2,1-4H3. The molecular weight excluding hydrogens is 144 g/mol. The van der Waals surface area contributed by atoms with E-state index in [-0.39, 0.29) is 0 Å². The minimum atomic E-state index is 0.841. The summed E-state index contributed by atoms with van der Waals surface area (Å²) in [7, 11) is 0. The summed E-state index contributed by atoms with van der Waals surface area (Å²) in [6.45, 7) is 9.74. The van der Waals surface area contributed by atoms with E-state index in [1.807, 2.05) is 0 Å². The molecule has 0 amide bonds. The Bertz CT molecular complexity index is 255. The Labute approximate surface area is 75.7 Å². The van der Waals surface area contributed by atoms with Gasteiger partial charge >= 0.3 is 0 Å². The summed E-state index contributed by atoms with van der Waals surface area (Å²) in [5, 5.41) is 0. The second kappa shape index (κ2) is 1.51. The lowest BCUT2D eigenvalue weighted by atomic mass is 9.82. The number of hydrogen-bond donors (Lipinski definition) is 0. The molecule has 0 aromatic rings. The molecule has 68 valence electrons. The Morgan fingerprint density at radius 2 is 2.08 bits per heavy atom. The molecule has 0 nitrogen and oxygen atoms in total. The summed E-state index contributed by atoms with van der Waals surface area (Å²) in [5.74, 6) is 2.09. The molecule has 0 saturated heterocycles. The fourth-order valence-corrected chi connectivity index (χ4v) is 5.44. The summed E-state index contributed by atoms with van der Waals surface area (Å²) in [6, 6.07) is 0. The molecule has 4 atom stereocenters. The zero-order chi connectivity index (χ0) is 8.78. The van der Waals surface area contributed by atoms with E-state index in [0.29, 0.717) is 0 Å². The van der Waals surface area contributed by atoms with Gasteiger partial charge in [0.25, 0.3) is 0 Å². The molecule has 0 aromatic carbocycles. The van der Waals surface area contributed by atoms with Crippen LogP contribution in [0.3, 0.4) is 0 Å². The van der Waals surface area contributed by atoms with Crippen molar-refractivity contribution in [1.82, 2.24) is 0 Å². The van der Waals surface area contributed by atoms with Crippen molar-refractivity contribution in [3.8, 4) is 0 Å². The molecule has 3 rings (SSSR count). The van der Waals surface area contributed by atoms with E-state index in [9.17, 15) is 0 Å². The van der Waals surface area contributed by atoms with Gasteiger partial charge in [-0.3, -0.25) is 0 Å². The van der Waals surface area contributed by atoms with Gasteiger partial charge in [-0.1, -0.05) is 34.1 Å². The first-order valence-electron chi connectivity index (χ1n) is 5.59. The lowest BCUT2D eigenvalue weighted by molar-refractivity contribution is 0.254. The Hall–Kier alpha value is 0. The third-order valence-corrected chi connectivity index (χ3v) is 5.63. The van der Waals surface area contributed by atoms with Gasteiger partial charge in [0.05, 0.1) is 0 Å². The molecule has 12 heavy (non-hydrogen) atoms. The van der Waals surface area contributed by atoms with Gasteiger partial charge in [0, 0.05) is 0 Å². The maximum Gasteiger partial charge on any atom is -0.0116 e. The SMILES string of the molecule is CCCC1C23CC2(C)C13C(C)C. The van der Waals surface area contributed by atoms with Crippen LogP contribution in [0.15, 0.2) is 0 Å². The molecule has 3 saturated carbocycles. The summed E-state index contributed by atoms with van der Waals surface area (Å²) in [5.41, 5.74) is 2.61. The van der Waals surface area contributed by atoms with Crippen molar-refractivity contribution in [2.75, 3.05) is 0 Å². The average Bonchev–Trinajstić information content (AvgIpc) is 2.80. The first-order valence-corrected chi connectivity index (χ1v) is 5.59. The Morgan fingerprint density at radius 3 is 2.33 bits per heavy atom. The van der Waals surface area contributed by atoms with E-state index >= 15 is 0 Å². The van der Waals surface area contributed by atoms with Crippen molar-refractivity contribution < 1.29 is 0 Å². The average molecular weight is 164 g/mol. The van der Waals surface area contributed by atoms with Crippen molar-refractivity contribution >= 4 is 0 Å². The molecule has 0 bridgehead atoms. The summed E-state index contributed by atoms with van der Waals surface area (Å²) in [6.07, 6.45) is 4.48. The molecule has 0 aliphatic heterocycles. The van der Waals surface area contributed by atoms with Gasteiger partial charge in [0.2, 0.25) is 0 Å². The van der Waals surface area contributed by atoms with Gasteiger partial charge < -0.3 is 0 Å². The first kappa shape index (κ1) is 7.41. The van der Waals surface area contributed by atoms with Crippen LogP contribution in [0.4, 0.5) is 0 Å². The summed E-state index contributed by atoms with van der Waals surface area (Å²) >= 11 is 0. The molecule has 1 spiro atoms. The Kier molecular flexibility index (Phi) is 0.932. The third kappa shape index (κ3) is 0.352. The fraction of sp³-hybridized carbons (Fsp3) is 1.00. The molecule has 0 aromatic heterocycles. The van der Waals surface area contributed by atoms with Gasteiger partial charge in [0.1, 0.15) is 0 Å². The molecule has 0 heteroatoms. The van der Waals surface area contributed by atoms with Crippen LogP contribution in [-0.2, 0) is 0 Å². The normalized spacial score (nSPS) is 64.2. The van der Waals surface area contributed by atoms with E-state index in [4.69, 9.17) is 0 Å². The van der Waals surface area contributed by atoms with Crippen LogP contribution >= 0.6 is 0 Å². The highest BCUT2D eigenvalue weighted by atomic mass is 15.2. The van der Waals surface area contributed by atoms with Gasteiger partial charge in [-0.2, -0.15) is 0 Å². The second-order valence-corrected chi connectivity index (χ2v) is 5.85. The van der Waals surface area contributed by atoms with Gasteiger partial charge in [-0.25, -0.2) is 0 Å². The van der Waals surface area contributed by atoms with Crippen LogP contribution in [0, 0.1) is 28.1 Å². The predicted octanol–water partition coefficient (Wildman–Crippen LogP) is 3.47. The van der Waals surface area contributed by atoms with Crippen molar-refractivity contribution in [3.05, 3.63) is 0 Å². The summed E-state index contributed by atoms with van der Waals surface area (Å²) < 4.78 is 0. The Balaban J connectivity index is 1.83. The highest BCUT2D eigenvalue weighted by Crippen LogP contribution is 3.17. The second-order valence-electron chi connectivity index (χ2n) is 5.85. The molecule has 0 N–H and O–H groups in total. The molecule has 3 aliphatic carbocycles. The molecule has 4 unspecified atom stereocenters. The molecule has 3 fully saturated rings. The van der Waals surface area contributed by atoms with E-state index < -0.39 is 0 Å². The largest absolute Gasteiger partial charge is 0.0654 e. The fourth-order valence-electron chi connectivity index (χ4n) is 5.44. The van der Waals surface area contributed by atoms with Gasteiger partial charge in [-0.15, -0.1) is 0 Å². The third-order valence-electron chi connectivity index (χ3n) is 5.63. The quantitative estimate of drug-likeness (QED) is 0.599. The summed E-state index contributed by atoms with van der Waals surface area (Å²) in [4.78, 5) is 0. The molecule has 3 aliphatic rings. The van der Waals surface area contributed by atoms with Crippen LogP contribution in [0.2, 0.25) is 0 Å². The smallest absolute Gasteiger partial charge is 0.0116 e. The minimum absolute atomic E-state index is 0.841. The topological polar surface area (TPSA) is 0 Å². The molecule has 0 heterocycles. The number of rotatable bonds is 3. The van der Waals surface area contributed by atoms with Crippen LogP contribution in [0.25, 0.3) is 0 Å². The first-order chi connectivity index (χ1) is 5.59. The van der Waals surface area contributed by atoms with E-state index in [1.165, 1.54) is 12.8 Å². The van der Waals surface area contributed by atoms with Crippen LogP contribution < -0.4 is 0 Å². The van der Waals surface area contributed by atoms with Gasteiger partial charge in [0.15, 0.2) is 0 Å². The Morgan fingerprint density at radius 1 is 1.42 bits per heavy atom. The zero-order valence-corrected chi connectivity index (χ0v) is 8.78. The van der Waals surface area contributed by atoms with E-state index in [1.54, 1.807) is 6.42 Å². The van der Waals surface area contributed by atoms with Crippen LogP contribution in [-0.4, -0.2) is 0 Å². The highest BCUT2D eigenvalue weighted by molar-refractivity contribution is 5.59. The number of hydrogen-bond acceptors (Lipinski definition) is 0.